The van der Waals surface area contributed by atoms with Gasteiger partial charge in [-0.15, -0.1) is 0 Å². The first kappa shape index (κ1) is 13.9. The van der Waals surface area contributed by atoms with Crippen molar-refractivity contribution in [1.82, 2.24) is 0 Å². The van der Waals surface area contributed by atoms with Crippen molar-refractivity contribution in [2.24, 2.45) is 5.92 Å². The Morgan fingerprint density at radius 1 is 1.00 bits per heavy atom. The van der Waals surface area contributed by atoms with Crippen molar-refractivity contribution < 1.29 is 9.47 Å². The topological polar surface area (TPSA) is 18.5 Å². The van der Waals surface area contributed by atoms with Crippen molar-refractivity contribution in [1.29, 1.82) is 0 Å². The molecule has 0 N–H and O–H groups in total. The Morgan fingerprint density at radius 2 is 1.65 bits per heavy atom. The molecule has 2 nitrogen and oxygen atoms in total. The van der Waals surface area contributed by atoms with E-state index in [2.05, 4.69) is 20.8 Å². The van der Waals surface area contributed by atoms with E-state index >= 15 is 0 Å². The summed E-state index contributed by atoms with van der Waals surface area (Å²) in [4.78, 5) is 0. The summed E-state index contributed by atoms with van der Waals surface area (Å²) < 4.78 is 11.4. The van der Waals surface area contributed by atoms with Crippen LogP contribution in [0.4, 0.5) is 0 Å². The zero-order chi connectivity index (χ0) is 12.5. The third-order valence-corrected chi connectivity index (χ3v) is 2.92. The first-order valence-electron chi connectivity index (χ1n) is 6.65. The molecule has 17 heavy (non-hydrogen) atoms. The maximum atomic E-state index is 5.79. The molecule has 0 aromatic heterocycles. The Labute approximate surface area is 105 Å². The van der Waals surface area contributed by atoms with Crippen LogP contribution in [0, 0.1) is 5.92 Å². The van der Waals surface area contributed by atoms with E-state index in [-0.39, 0.29) is 0 Å². The van der Waals surface area contributed by atoms with Crippen LogP contribution >= 0.6 is 0 Å². The van der Waals surface area contributed by atoms with Crippen LogP contribution in [0.2, 0.25) is 0 Å². The molecule has 0 saturated carbocycles. The summed E-state index contributed by atoms with van der Waals surface area (Å²) in [6, 6.07) is 7.91. The molecule has 0 radical (unpaired) electrons. The van der Waals surface area contributed by atoms with Gasteiger partial charge in [-0.25, -0.2) is 0 Å². The van der Waals surface area contributed by atoms with Gasteiger partial charge in [-0.3, -0.25) is 0 Å². The average molecular weight is 236 g/mol. The van der Waals surface area contributed by atoms with Gasteiger partial charge < -0.3 is 9.47 Å². The van der Waals surface area contributed by atoms with Crippen molar-refractivity contribution in [3.8, 4) is 11.5 Å². The van der Waals surface area contributed by atoms with E-state index in [1.54, 1.807) is 0 Å². The van der Waals surface area contributed by atoms with Crippen LogP contribution in [0.25, 0.3) is 0 Å². The second kappa shape index (κ2) is 7.99. The van der Waals surface area contributed by atoms with E-state index in [4.69, 9.17) is 9.47 Å². The van der Waals surface area contributed by atoms with Crippen LogP contribution < -0.4 is 9.47 Å². The smallest absolute Gasteiger partial charge is 0.122 e. The van der Waals surface area contributed by atoms with Crippen molar-refractivity contribution in [2.75, 3.05) is 13.2 Å². The standard InChI is InChI=1S/C15H24O2/c1-4-10-16-14-8-7-9-15(11-14)17-12-13(5-2)6-3/h7-9,11,13H,4-6,10,12H2,1-3H3. The molecule has 0 amide bonds. The molecule has 1 aromatic carbocycles. The molecule has 2 heteroatoms. The Morgan fingerprint density at radius 3 is 2.24 bits per heavy atom. The lowest BCUT2D eigenvalue weighted by Gasteiger charge is -2.14. The highest BCUT2D eigenvalue weighted by atomic mass is 16.5. The van der Waals surface area contributed by atoms with Gasteiger partial charge in [-0.2, -0.15) is 0 Å². The highest BCUT2D eigenvalue weighted by Gasteiger charge is 2.04. The zero-order valence-corrected chi connectivity index (χ0v) is 11.2. The summed E-state index contributed by atoms with van der Waals surface area (Å²) in [6.07, 6.45) is 3.36. The lowest BCUT2D eigenvalue weighted by Crippen LogP contribution is -2.10. The molecule has 1 aromatic rings. The first-order valence-corrected chi connectivity index (χ1v) is 6.65. The fraction of sp³-hybridized carbons (Fsp3) is 0.600. The van der Waals surface area contributed by atoms with Crippen LogP contribution in [-0.4, -0.2) is 13.2 Å². The molecule has 0 fully saturated rings. The minimum absolute atomic E-state index is 0.648. The van der Waals surface area contributed by atoms with Gasteiger partial charge in [-0.1, -0.05) is 39.7 Å². The molecular formula is C15H24O2. The molecule has 0 heterocycles. The van der Waals surface area contributed by atoms with E-state index in [9.17, 15) is 0 Å². The third-order valence-electron chi connectivity index (χ3n) is 2.92. The SMILES string of the molecule is CCCOc1cccc(OCC(CC)CC)c1. The molecule has 0 atom stereocenters. The predicted octanol–water partition coefficient (Wildman–Crippen LogP) is 4.29. The maximum absolute atomic E-state index is 5.79. The third kappa shape index (κ3) is 5.12. The fourth-order valence-corrected chi connectivity index (χ4v) is 1.61. The van der Waals surface area contributed by atoms with Crippen LogP contribution in [0.1, 0.15) is 40.0 Å². The van der Waals surface area contributed by atoms with Gasteiger partial charge in [0.05, 0.1) is 13.2 Å². The minimum atomic E-state index is 0.648. The van der Waals surface area contributed by atoms with Crippen molar-refractivity contribution in [2.45, 2.75) is 40.0 Å². The average Bonchev–Trinajstić information content (AvgIpc) is 2.38. The summed E-state index contributed by atoms with van der Waals surface area (Å²) in [7, 11) is 0. The maximum Gasteiger partial charge on any atom is 0.122 e. The number of benzene rings is 1. The van der Waals surface area contributed by atoms with Crippen molar-refractivity contribution >= 4 is 0 Å². The van der Waals surface area contributed by atoms with E-state index in [0.717, 1.165) is 31.1 Å². The van der Waals surface area contributed by atoms with Gasteiger partial charge in [-0.05, 0) is 24.5 Å². The summed E-state index contributed by atoms with van der Waals surface area (Å²) >= 11 is 0. The second-order valence-electron chi connectivity index (χ2n) is 4.32. The normalized spacial score (nSPS) is 10.6. The molecule has 1 rings (SSSR count). The quantitative estimate of drug-likeness (QED) is 0.670. The van der Waals surface area contributed by atoms with E-state index < -0.39 is 0 Å². The van der Waals surface area contributed by atoms with Gasteiger partial charge in [0.25, 0.3) is 0 Å². The lowest BCUT2D eigenvalue weighted by atomic mass is 10.1. The van der Waals surface area contributed by atoms with Crippen molar-refractivity contribution in [3.05, 3.63) is 24.3 Å². The Hall–Kier alpha value is -1.18. The van der Waals surface area contributed by atoms with Crippen LogP contribution in [-0.2, 0) is 0 Å². The van der Waals surface area contributed by atoms with Gasteiger partial charge in [0, 0.05) is 6.07 Å². The van der Waals surface area contributed by atoms with Crippen molar-refractivity contribution in [3.63, 3.8) is 0 Å². The zero-order valence-electron chi connectivity index (χ0n) is 11.2. The van der Waals surface area contributed by atoms with Crippen LogP contribution in [0.15, 0.2) is 24.3 Å². The summed E-state index contributed by atoms with van der Waals surface area (Å²) in [5.41, 5.74) is 0. The molecule has 0 spiro atoms. The minimum Gasteiger partial charge on any atom is -0.493 e. The lowest BCUT2D eigenvalue weighted by molar-refractivity contribution is 0.238. The molecule has 0 aliphatic rings. The molecule has 96 valence electrons. The molecule has 0 aliphatic carbocycles. The highest BCUT2D eigenvalue weighted by Crippen LogP contribution is 2.20. The monoisotopic (exact) mass is 236 g/mol. The number of rotatable bonds is 8. The first-order chi connectivity index (χ1) is 8.30. The van der Waals surface area contributed by atoms with Gasteiger partial charge >= 0.3 is 0 Å². The summed E-state index contributed by atoms with van der Waals surface area (Å²) in [5, 5.41) is 0. The summed E-state index contributed by atoms with van der Waals surface area (Å²) in [5.74, 6) is 2.45. The van der Waals surface area contributed by atoms with Crippen LogP contribution in [0.3, 0.4) is 0 Å². The Balaban J connectivity index is 2.47. The van der Waals surface area contributed by atoms with Gasteiger partial charge in [0.2, 0.25) is 0 Å². The molecule has 0 unspecified atom stereocenters. The predicted molar refractivity (Wildman–Crippen MR) is 71.8 cm³/mol. The fourth-order valence-electron chi connectivity index (χ4n) is 1.61. The van der Waals surface area contributed by atoms with E-state index in [0.29, 0.717) is 5.92 Å². The summed E-state index contributed by atoms with van der Waals surface area (Å²) in [6.45, 7) is 8.07. The largest absolute Gasteiger partial charge is 0.493 e. The Bertz CT molecular complexity index is 306. The Kier molecular flexibility index (Phi) is 6.53. The molecule has 0 bridgehead atoms. The van der Waals surface area contributed by atoms with E-state index in [1.165, 1.54) is 12.8 Å². The van der Waals surface area contributed by atoms with Gasteiger partial charge in [0.15, 0.2) is 0 Å². The van der Waals surface area contributed by atoms with Gasteiger partial charge in [0.1, 0.15) is 11.5 Å². The highest BCUT2D eigenvalue weighted by molar-refractivity contribution is 5.32. The second-order valence-corrected chi connectivity index (χ2v) is 4.32. The number of hydrogen-bond donors (Lipinski definition) is 0. The molecule has 0 aliphatic heterocycles. The molecular weight excluding hydrogens is 212 g/mol. The number of hydrogen-bond acceptors (Lipinski definition) is 2. The molecule has 0 saturated heterocycles. The van der Waals surface area contributed by atoms with Crippen LogP contribution in [0.5, 0.6) is 11.5 Å². The van der Waals surface area contributed by atoms with E-state index in [1.807, 2.05) is 24.3 Å². The number of ether oxygens (including phenoxy) is 2.